The van der Waals surface area contributed by atoms with Gasteiger partial charge in [0.15, 0.2) is 23.3 Å². The molecule has 20 nitrogen and oxygen atoms in total. The number of hydrogen-bond donors (Lipinski definition) is 8. The van der Waals surface area contributed by atoms with E-state index in [4.69, 9.17) is 39.9 Å². The number of benzene rings is 9. The highest BCUT2D eigenvalue weighted by atomic mass is 16.3. The molecule has 4 aliphatic rings. The third-order valence-corrected chi connectivity index (χ3v) is 21.0. The maximum absolute atomic E-state index is 12.8. The number of amides is 4. The number of phenolic OH excluding ortho intramolecular Hbond substituents is 4. The summed E-state index contributed by atoms with van der Waals surface area (Å²) in [5.74, 6) is 3.08. The van der Waals surface area contributed by atoms with Gasteiger partial charge in [-0.2, -0.15) is 0 Å². The van der Waals surface area contributed by atoms with Crippen LogP contribution in [0.1, 0.15) is 137 Å². The largest absolute Gasteiger partial charge is 0.508 e. The van der Waals surface area contributed by atoms with Gasteiger partial charge >= 0.3 is 0 Å². The van der Waals surface area contributed by atoms with E-state index in [1.165, 1.54) is 5.56 Å². The second kappa shape index (κ2) is 36.4. The summed E-state index contributed by atoms with van der Waals surface area (Å²) in [5.41, 5.74) is 22.8. The van der Waals surface area contributed by atoms with Crippen LogP contribution >= 0.6 is 0 Å². The number of aromatic nitrogens is 8. The molecule has 0 aliphatic heterocycles. The lowest BCUT2D eigenvalue weighted by atomic mass is 9.91. The SMILES string of the molecule is CCc1nc2c(nc1NC(=O)CCCc1ccccc1)CCc1cc(O)ccc1-2.CCc1nc2c(nc1NC(=O)CCc1ccccc1)CCc1cc(O)ccc1-2.CCc1nc2c(nc1NC(=O)Cc1ccc3ccccc3c1)CCc1cc(O)ccc1-2.CCc1nc2c(nc1NC(=O)Cc1ccccc1)CCc1cc(O)ccc1-2. The molecule has 9 aromatic carbocycles. The number of nitrogens with one attached hydrogen (secondary N) is 4. The topological polar surface area (TPSA) is 300 Å². The smallest absolute Gasteiger partial charge is 0.229 e. The second-order valence-corrected chi connectivity index (χ2v) is 29.1. The van der Waals surface area contributed by atoms with Gasteiger partial charge in [0.1, 0.15) is 23.0 Å². The van der Waals surface area contributed by atoms with Gasteiger partial charge in [0.2, 0.25) is 23.6 Å². The summed E-state index contributed by atoms with van der Waals surface area (Å²) < 4.78 is 0. The molecule has 0 saturated heterocycles. The van der Waals surface area contributed by atoms with E-state index in [1.807, 2.05) is 155 Å². The molecule has 4 amide bonds. The molecule has 580 valence electrons. The number of nitrogens with zero attached hydrogens (tertiary/aromatic N) is 8. The molecule has 8 N–H and O–H groups in total. The van der Waals surface area contributed by atoms with Gasteiger partial charge in [-0.25, -0.2) is 39.9 Å². The summed E-state index contributed by atoms with van der Waals surface area (Å²) in [5, 5.41) is 53.1. The summed E-state index contributed by atoms with van der Waals surface area (Å²) >= 11 is 0. The van der Waals surface area contributed by atoms with Crippen LogP contribution in [0.2, 0.25) is 0 Å². The summed E-state index contributed by atoms with van der Waals surface area (Å²) in [7, 11) is 0. The van der Waals surface area contributed by atoms with Gasteiger partial charge in [-0.15, -0.1) is 0 Å². The van der Waals surface area contributed by atoms with Crippen LogP contribution in [-0.2, 0) is 122 Å². The zero-order valence-corrected chi connectivity index (χ0v) is 65.1. The Bertz CT molecular complexity index is 5760. The van der Waals surface area contributed by atoms with Crippen LogP contribution in [0.4, 0.5) is 23.3 Å². The highest BCUT2D eigenvalue weighted by molar-refractivity contribution is 5.95. The van der Waals surface area contributed by atoms with Gasteiger partial charge in [0, 0.05) is 35.1 Å². The van der Waals surface area contributed by atoms with E-state index in [9.17, 15) is 39.6 Å². The summed E-state index contributed by atoms with van der Waals surface area (Å²) in [6.45, 7) is 8.04. The second-order valence-electron chi connectivity index (χ2n) is 29.1. The number of aryl methyl sites for hydroxylation is 14. The van der Waals surface area contributed by atoms with Crippen LogP contribution in [0, 0.1) is 0 Å². The normalized spacial score (nSPS) is 12.2. The molecule has 0 spiro atoms. The first-order valence-electron chi connectivity index (χ1n) is 39.7. The zero-order valence-electron chi connectivity index (χ0n) is 65.1. The lowest BCUT2D eigenvalue weighted by Gasteiger charge is -2.20. The minimum absolute atomic E-state index is 0.0222. The van der Waals surface area contributed by atoms with Gasteiger partial charge in [0.05, 0.1) is 81.2 Å². The van der Waals surface area contributed by atoms with E-state index in [1.54, 1.807) is 48.5 Å². The quantitative estimate of drug-likeness (QED) is 0.0373. The zero-order chi connectivity index (χ0) is 79.9. The molecule has 0 bridgehead atoms. The molecule has 4 aliphatic carbocycles. The van der Waals surface area contributed by atoms with Crippen molar-refractivity contribution in [3.05, 3.63) is 296 Å². The molecule has 0 saturated carbocycles. The third kappa shape index (κ3) is 19.2. The van der Waals surface area contributed by atoms with Gasteiger partial charge < -0.3 is 41.7 Å². The number of fused-ring (bicyclic) bond motifs is 13. The van der Waals surface area contributed by atoms with Crippen LogP contribution < -0.4 is 21.3 Å². The van der Waals surface area contributed by atoms with Crippen molar-refractivity contribution in [3.63, 3.8) is 0 Å². The molecule has 4 heterocycles. The lowest BCUT2D eigenvalue weighted by Crippen LogP contribution is -2.19. The number of carbonyl (C=O) groups is 4. The number of hydrogen-bond acceptors (Lipinski definition) is 16. The number of rotatable bonds is 19. The molecule has 0 radical (unpaired) electrons. The van der Waals surface area contributed by atoms with Crippen molar-refractivity contribution in [1.82, 2.24) is 39.9 Å². The maximum atomic E-state index is 12.8. The molecule has 17 rings (SSSR count). The fourth-order valence-electron chi connectivity index (χ4n) is 15.1. The van der Waals surface area contributed by atoms with Crippen molar-refractivity contribution >= 4 is 57.7 Å². The third-order valence-electron chi connectivity index (χ3n) is 21.0. The minimum atomic E-state index is -0.0969. The van der Waals surface area contributed by atoms with Crippen LogP contribution in [0.15, 0.2) is 206 Å². The van der Waals surface area contributed by atoms with Crippen molar-refractivity contribution in [1.29, 1.82) is 0 Å². The van der Waals surface area contributed by atoms with Crippen molar-refractivity contribution in [2.75, 3.05) is 21.3 Å². The number of aromatic hydroxyl groups is 4. The minimum Gasteiger partial charge on any atom is -0.508 e. The van der Waals surface area contributed by atoms with Crippen molar-refractivity contribution in [3.8, 4) is 68.0 Å². The fraction of sp³-hybridized carbons (Fsp3) is 0.242. The van der Waals surface area contributed by atoms with Crippen LogP contribution in [-0.4, -0.2) is 83.9 Å². The Kier molecular flexibility index (Phi) is 24.8. The molecule has 4 aromatic heterocycles. The molecule has 115 heavy (non-hydrogen) atoms. The molecular weight excluding hydrogens is 1440 g/mol. The van der Waals surface area contributed by atoms with Crippen molar-refractivity contribution in [2.24, 2.45) is 0 Å². The van der Waals surface area contributed by atoms with Crippen molar-refractivity contribution in [2.45, 2.75) is 150 Å². The van der Waals surface area contributed by atoms with Crippen molar-refractivity contribution < 1.29 is 39.6 Å². The van der Waals surface area contributed by atoms with Crippen LogP contribution in [0.25, 0.3) is 55.8 Å². The summed E-state index contributed by atoms with van der Waals surface area (Å²) in [4.78, 5) is 88.4. The first-order chi connectivity index (χ1) is 56.0. The number of phenols is 4. The predicted molar refractivity (Wildman–Crippen MR) is 450 cm³/mol. The average Bonchev–Trinajstić information content (AvgIpc) is 0.785. The van der Waals surface area contributed by atoms with E-state index >= 15 is 0 Å². The number of anilines is 4. The summed E-state index contributed by atoms with van der Waals surface area (Å²) in [6.07, 6.45) is 12.7. The Morgan fingerprint density at radius 2 is 0.609 bits per heavy atom. The molecule has 0 unspecified atom stereocenters. The van der Waals surface area contributed by atoms with E-state index in [0.29, 0.717) is 74.6 Å². The Labute approximate surface area is 668 Å². The van der Waals surface area contributed by atoms with Gasteiger partial charge in [-0.05, 0) is 224 Å². The van der Waals surface area contributed by atoms with E-state index < -0.39 is 0 Å². The Hall–Kier alpha value is -13.4. The first-order valence-corrected chi connectivity index (χ1v) is 39.7. The Morgan fingerprint density at radius 1 is 0.296 bits per heavy atom. The Morgan fingerprint density at radius 3 is 0.974 bits per heavy atom. The molecule has 13 aromatic rings. The monoisotopic (exact) mass is 1530 g/mol. The Balaban J connectivity index is 0.000000127. The van der Waals surface area contributed by atoms with Crippen LogP contribution in [0.3, 0.4) is 0 Å². The number of carbonyl (C=O) groups excluding carboxylic acids is 4. The fourth-order valence-corrected chi connectivity index (χ4v) is 15.1. The van der Waals surface area contributed by atoms with Crippen LogP contribution in [0.5, 0.6) is 23.0 Å². The molecule has 0 atom stereocenters. The highest BCUT2D eigenvalue weighted by Gasteiger charge is 2.28. The standard InChI is InChI=1S/C26H23N3O2.C24H25N3O2.C23H23N3O2.C22H21N3O2/c1-2-22-26(28-23-12-9-19-15-20(30)10-11-21(19)25(23)27-22)29-24(31)14-16-7-8-17-5-3-4-6-18(17)13-16;1-2-20-24(27-22(29)10-6-9-16-7-4-3-5-8-16)26-21-14-11-17-15-18(28)12-13-19(17)23(21)25-20;1-2-19-23(26-21(28)13-8-15-6-4-3-5-7-15)25-20-12-9-16-14-17(27)10-11-18(16)22(20)24-19;1-2-18-22(25-20(27)12-14-6-4-3-5-7-14)24-19-11-8-15-13-16(26)9-10-17(15)21(19)23-18/h3-8,10-11,13,15,30H,2,9,12,14H2,1H3,(H,28,29,31);3-5,7-8,12-13,15,28H,2,6,9-11,14H2,1H3,(H,26,27,29);3-7,10-11,14,27H,2,8-9,12-13H2,1H3,(H,25,26,28);3-7,9-10,13,26H,2,8,11-12H2,1H3,(H,24,25,27). The van der Waals surface area contributed by atoms with E-state index in [-0.39, 0.29) is 53.0 Å². The van der Waals surface area contributed by atoms with E-state index in [0.717, 1.165) is 205 Å². The predicted octanol–water partition coefficient (Wildman–Crippen LogP) is 17.1. The highest BCUT2D eigenvalue weighted by Crippen LogP contribution is 2.40. The average molecular weight is 1530 g/mol. The molecular formula is C95H92N12O8. The van der Waals surface area contributed by atoms with Gasteiger partial charge in [0.25, 0.3) is 0 Å². The molecule has 20 heteroatoms. The summed E-state index contributed by atoms with van der Waals surface area (Å²) in [6, 6.07) is 65.6. The van der Waals surface area contributed by atoms with E-state index in [2.05, 4.69) is 51.6 Å². The first kappa shape index (κ1) is 78.3. The van der Waals surface area contributed by atoms with Gasteiger partial charge in [-0.1, -0.05) is 161 Å². The lowest BCUT2D eigenvalue weighted by molar-refractivity contribution is -0.117. The molecule has 0 fully saturated rings. The van der Waals surface area contributed by atoms with Gasteiger partial charge in [-0.3, -0.25) is 19.2 Å². The maximum Gasteiger partial charge on any atom is 0.229 e.